The second-order valence-corrected chi connectivity index (χ2v) is 5.02. The van der Waals surface area contributed by atoms with Crippen molar-refractivity contribution in [3.63, 3.8) is 0 Å². The van der Waals surface area contributed by atoms with E-state index in [1.54, 1.807) is 0 Å². The molecule has 0 heterocycles. The minimum absolute atomic E-state index is 1.22. The van der Waals surface area contributed by atoms with Crippen LogP contribution in [-0.2, 0) is 0 Å². The van der Waals surface area contributed by atoms with Gasteiger partial charge in [-0.15, -0.1) is 0 Å². The zero-order valence-electron chi connectivity index (χ0n) is 12.4. The molecular weight excluding hydrogens is 216 g/mol. The average molecular weight is 248 g/mol. The third-order valence-electron chi connectivity index (χ3n) is 3.22. The second kappa shape index (κ2) is 16.2. The Hall–Kier alpha value is -0.780. The van der Waals surface area contributed by atoms with Gasteiger partial charge in [-0.05, 0) is 12.8 Å². The van der Waals surface area contributed by atoms with E-state index in [0.717, 1.165) is 0 Å². The molecule has 0 atom stereocenters. The third-order valence-corrected chi connectivity index (χ3v) is 3.22. The van der Waals surface area contributed by atoms with E-state index < -0.39 is 0 Å². The van der Waals surface area contributed by atoms with Crippen molar-refractivity contribution < 1.29 is 0 Å². The van der Waals surface area contributed by atoms with Crippen LogP contribution in [0.1, 0.15) is 77.6 Å². The van der Waals surface area contributed by atoms with Crippen LogP contribution in [0.25, 0.3) is 0 Å². The molecule has 104 valence electrons. The van der Waals surface area contributed by atoms with Crippen molar-refractivity contribution in [3.05, 3.63) is 37.0 Å². The molecule has 0 fully saturated rings. The van der Waals surface area contributed by atoms with Crippen molar-refractivity contribution in [1.29, 1.82) is 0 Å². The van der Waals surface area contributed by atoms with E-state index in [9.17, 15) is 0 Å². The molecule has 0 radical (unpaired) electrons. The quantitative estimate of drug-likeness (QED) is 0.254. The van der Waals surface area contributed by atoms with Gasteiger partial charge in [0.25, 0.3) is 0 Å². The molecule has 0 saturated carbocycles. The zero-order chi connectivity index (χ0) is 13.3. The first-order valence-corrected chi connectivity index (χ1v) is 7.86. The van der Waals surface area contributed by atoms with Crippen molar-refractivity contribution in [2.45, 2.75) is 77.6 Å². The third kappa shape index (κ3) is 15.2. The normalized spacial score (nSPS) is 11.6. The van der Waals surface area contributed by atoms with Gasteiger partial charge in [-0.3, -0.25) is 0 Å². The topological polar surface area (TPSA) is 0 Å². The molecular formula is C18H32. The summed E-state index contributed by atoms with van der Waals surface area (Å²) in [6.07, 6.45) is 25.6. The molecule has 0 heteroatoms. The van der Waals surface area contributed by atoms with Gasteiger partial charge in [0.05, 0.1) is 0 Å². The number of unbranched alkanes of at least 4 members (excludes halogenated alkanes) is 10. The van der Waals surface area contributed by atoms with Gasteiger partial charge in [0, 0.05) is 0 Å². The van der Waals surface area contributed by atoms with E-state index in [2.05, 4.69) is 25.7 Å². The summed E-state index contributed by atoms with van der Waals surface area (Å²) in [6.45, 7) is 5.92. The van der Waals surface area contributed by atoms with Crippen LogP contribution >= 0.6 is 0 Å². The standard InChI is InChI=1S/C18H32/c1-3-5-7-9-11-13-15-17-18-16-14-12-10-8-6-4-2/h3,5,7,9,11H,1,4,6,8,10,12-18H2,2H3/b7-5-,11-9-. The predicted octanol–water partition coefficient (Wildman–Crippen LogP) is 6.60. The Morgan fingerprint density at radius 3 is 1.78 bits per heavy atom. The van der Waals surface area contributed by atoms with E-state index in [-0.39, 0.29) is 0 Å². The highest BCUT2D eigenvalue weighted by Crippen LogP contribution is 2.11. The Bertz CT molecular complexity index is 210. The van der Waals surface area contributed by atoms with E-state index in [1.807, 2.05) is 18.2 Å². The summed E-state index contributed by atoms with van der Waals surface area (Å²) in [6, 6.07) is 0. The monoisotopic (exact) mass is 248 g/mol. The smallest absolute Gasteiger partial charge is 0.0348 e. The summed E-state index contributed by atoms with van der Waals surface area (Å²) in [5.41, 5.74) is 0. The molecule has 0 aliphatic heterocycles. The van der Waals surface area contributed by atoms with Gasteiger partial charge < -0.3 is 0 Å². The average Bonchev–Trinajstić information content (AvgIpc) is 2.39. The number of hydrogen-bond donors (Lipinski definition) is 0. The minimum Gasteiger partial charge on any atom is -0.0991 e. The number of hydrogen-bond acceptors (Lipinski definition) is 0. The van der Waals surface area contributed by atoms with Crippen LogP contribution < -0.4 is 0 Å². The fraction of sp³-hybridized carbons (Fsp3) is 0.667. The van der Waals surface area contributed by atoms with Crippen molar-refractivity contribution >= 4 is 0 Å². The maximum absolute atomic E-state index is 3.64. The summed E-state index contributed by atoms with van der Waals surface area (Å²) in [4.78, 5) is 0. The largest absolute Gasteiger partial charge is 0.0991 e. The second-order valence-electron chi connectivity index (χ2n) is 5.02. The van der Waals surface area contributed by atoms with Gasteiger partial charge in [0.1, 0.15) is 0 Å². The zero-order valence-corrected chi connectivity index (χ0v) is 12.4. The van der Waals surface area contributed by atoms with Crippen LogP contribution in [0.4, 0.5) is 0 Å². The molecule has 18 heavy (non-hydrogen) atoms. The van der Waals surface area contributed by atoms with Gasteiger partial charge in [0.2, 0.25) is 0 Å². The van der Waals surface area contributed by atoms with Gasteiger partial charge >= 0.3 is 0 Å². The maximum Gasteiger partial charge on any atom is -0.0348 e. The lowest BCUT2D eigenvalue weighted by molar-refractivity contribution is 0.557. The summed E-state index contributed by atoms with van der Waals surface area (Å²) < 4.78 is 0. The Labute approximate surface area is 115 Å². The molecule has 0 N–H and O–H groups in total. The fourth-order valence-electron chi connectivity index (χ4n) is 2.07. The highest BCUT2D eigenvalue weighted by atomic mass is 14.0. The first-order chi connectivity index (χ1) is 8.91. The van der Waals surface area contributed by atoms with Crippen LogP contribution in [0.2, 0.25) is 0 Å². The Morgan fingerprint density at radius 1 is 0.667 bits per heavy atom. The summed E-state index contributed by atoms with van der Waals surface area (Å²) in [5.74, 6) is 0. The van der Waals surface area contributed by atoms with Gasteiger partial charge in [-0.1, -0.05) is 102 Å². The summed E-state index contributed by atoms with van der Waals surface area (Å²) in [7, 11) is 0. The van der Waals surface area contributed by atoms with Crippen molar-refractivity contribution in [3.8, 4) is 0 Å². The first kappa shape index (κ1) is 17.2. The molecule has 0 saturated heterocycles. The molecule has 0 bridgehead atoms. The van der Waals surface area contributed by atoms with E-state index >= 15 is 0 Å². The Kier molecular flexibility index (Phi) is 15.5. The van der Waals surface area contributed by atoms with Gasteiger partial charge in [0.15, 0.2) is 0 Å². The Morgan fingerprint density at radius 2 is 1.22 bits per heavy atom. The molecule has 0 aromatic rings. The maximum atomic E-state index is 3.64. The number of rotatable bonds is 13. The summed E-state index contributed by atoms with van der Waals surface area (Å²) >= 11 is 0. The van der Waals surface area contributed by atoms with Crippen molar-refractivity contribution in [2.24, 2.45) is 0 Å². The van der Waals surface area contributed by atoms with Crippen LogP contribution in [0.5, 0.6) is 0 Å². The highest BCUT2D eigenvalue weighted by Gasteiger charge is 1.91. The van der Waals surface area contributed by atoms with E-state index in [0.29, 0.717) is 0 Å². The lowest BCUT2D eigenvalue weighted by atomic mass is 10.1. The van der Waals surface area contributed by atoms with Crippen molar-refractivity contribution in [2.75, 3.05) is 0 Å². The lowest BCUT2D eigenvalue weighted by Gasteiger charge is -2.01. The van der Waals surface area contributed by atoms with Gasteiger partial charge in [-0.25, -0.2) is 0 Å². The molecule has 0 rings (SSSR count). The predicted molar refractivity (Wildman–Crippen MR) is 84.9 cm³/mol. The Balaban J connectivity index is 3.05. The van der Waals surface area contributed by atoms with Crippen LogP contribution in [0, 0.1) is 0 Å². The van der Waals surface area contributed by atoms with Crippen molar-refractivity contribution in [1.82, 2.24) is 0 Å². The number of allylic oxidation sites excluding steroid dienone is 5. The van der Waals surface area contributed by atoms with E-state index in [4.69, 9.17) is 0 Å². The van der Waals surface area contributed by atoms with Gasteiger partial charge in [-0.2, -0.15) is 0 Å². The van der Waals surface area contributed by atoms with Crippen LogP contribution in [0.15, 0.2) is 37.0 Å². The molecule has 0 amide bonds. The molecule has 0 aliphatic rings. The molecule has 0 unspecified atom stereocenters. The fourth-order valence-corrected chi connectivity index (χ4v) is 2.07. The molecule has 0 nitrogen and oxygen atoms in total. The molecule has 0 spiro atoms. The van der Waals surface area contributed by atoms with Crippen LogP contribution in [-0.4, -0.2) is 0 Å². The summed E-state index contributed by atoms with van der Waals surface area (Å²) in [5, 5.41) is 0. The molecule has 0 aliphatic carbocycles. The SMILES string of the molecule is C=C/C=C\C=C/CCCCCCCCCCCC. The molecule has 0 aromatic carbocycles. The first-order valence-electron chi connectivity index (χ1n) is 7.86. The van der Waals surface area contributed by atoms with Crippen LogP contribution in [0.3, 0.4) is 0 Å². The van der Waals surface area contributed by atoms with E-state index in [1.165, 1.54) is 70.6 Å². The lowest BCUT2D eigenvalue weighted by Crippen LogP contribution is -1.81. The minimum atomic E-state index is 1.22. The highest BCUT2D eigenvalue weighted by molar-refractivity contribution is 5.08. The molecule has 0 aromatic heterocycles.